The Morgan fingerprint density at radius 3 is 1.89 bits per heavy atom. The molecule has 0 spiro atoms. The quantitative estimate of drug-likeness (QED) is 0.743. The molecule has 0 radical (unpaired) electrons. The molecule has 1 saturated carbocycles. The maximum absolute atomic E-state index is 3.85. The lowest BCUT2D eigenvalue weighted by Gasteiger charge is -2.41. The average molecular weight is 253 g/mol. The van der Waals surface area contributed by atoms with Crippen molar-refractivity contribution in [1.82, 2.24) is 5.32 Å². The van der Waals surface area contributed by atoms with Crippen LogP contribution in [-0.2, 0) is 0 Å². The summed E-state index contributed by atoms with van der Waals surface area (Å²) in [7, 11) is 0. The molecule has 18 heavy (non-hydrogen) atoms. The molecule has 0 aromatic carbocycles. The van der Waals surface area contributed by atoms with Crippen LogP contribution in [0.4, 0.5) is 0 Å². The number of rotatable bonds is 4. The van der Waals surface area contributed by atoms with Crippen LogP contribution in [0.1, 0.15) is 80.6 Å². The van der Waals surface area contributed by atoms with Crippen molar-refractivity contribution < 1.29 is 0 Å². The van der Waals surface area contributed by atoms with Crippen LogP contribution in [0.25, 0.3) is 0 Å². The molecule has 1 aliphatic rings. The van der Waals surface area contributed by atoms with E-state index in [0.717, 1.165) is 12.0 Å². The summed E-state index contributed by atoms with van der Waals surface area (Å²) in [5.74, 6) is 0.936. The summed E-state index contributed by atoms with van der Waals surface area (Å²) in [5, 5.41) is 3.85. The van der Waals surface area contributed by atoms with Crippen molar-refractivity contribution >= 4 is 0 Å². The fourth-order valence-corrected chi connectivity index (χ4v) is 2.93. The first kappa shape index (κ1) is 16.0. The maximum Gasteiger partial charge on any atom is 0.00898 e. The molecule has 0 amide bonds. The topological polar surface area (TPSA) is 12.0 Å². The van der Waals surface area contributed by atoms with Gasteiger partial charge in [0.2, 0.25) is 0 Å². The van der Waals surface area contributed by atoms with Gasteiger partial charge in [0.1, 0.15) is 0 Å². The monoisotopic (exact) mass is 253 g/mol. The fraction of sp³-hybridized carbons (Fsp3) is 1.00. The van der Waals surface area contributed by atoms with Gasteiger partial charge in [-0.15, -0.1) is 0 Å². The minimum absolute atomic E-state index is 0.375. The van der Waals surface area contributed by atoms with Gasteiger partial charge >= 0.3 is 0 Å². The molecule has 1 atom stereocenters. The molecule has 1 heteroatoms. The van der Waals surface area contributed by atoms with Gasteiger partial charge in [-0.1, -0.05) is 48.0 Å². The Hall–Kier alpha value is -0.0400. The Labute approximate surface area is 115 Å². The number of nitrogens with one attached hydrogen (secondary N) is 1. The third kappa shape index (κ3) is 4.26. The lowest BCUT2D eigenvalue weighted by Crippen LogP contribution is -2.46. The van der Waals surface area contributed by atoms with Gasteiger partial charge in [-0.3, -0.25) is 0 Å². The number of hydrogen-bond donors (Lipinski definition) is 1. The summed E-state index contributed by atoms with van der Waals surface area (Å²) in [6.45, 7) is 16.6. The van der Waals surface area contributed by atoms with E-state index >= 15 is 0 Å². The van der Waals surface area contributed by atoms with Gasteiger partial charge in [-0.05, 0) is 49.4 Å². The number of hydrogen-bond acceptors (Lipinski definition) is 1. The Balaban J connectivity index is 2.41. The molecule has 0 aliphatic heterocycles. The van der Waals surface area contributed by atoms with E-state index in [1.165, 1.54) is 32.1 Å². The first-order valence-corrected chi connectivity index (χ1v) is 7.93. The third-order valence-corrected chi connectivity index (χ3v) is 5.53. The minimum Gasteiger partial charge on any atom is -0.311 e. The first-order chi connectivity index (χ1) is 8.16. The molecular formula is C17H35N. The summed E-state index contributed by atoms with van der Waals surface area (Å²) in [5.41, 5.74) is 0.917. The normalized spacial score (nSPS) is 28.2. The molecular weight excluding hydrogens is 218 g/mol. The second-order valence-electron chi connectivity index (χ2n) is 8.15. The molecule has 1 N–H and O–H groups in total. The molecule has 1 aliphatic carbocycles. The second kappa shape index (κ2) is 5.94. The largest absolute Gasteiger partial charge is 0.311 e. The SMILES string of the molecule is CCC(C)(C)C1CCC(NC(C)C(C)(C)C)CC1. The van der Waals surface area contributed by atoms with E-state index < -0.39 is 0 Å². The Morgan fingerprint density at radius 1 is 1.00 bits per heavy atom. The fourth-order valence-electron chi connectivity index (χ4n) is 2.93. The van der Waals surface area contributed by atoms with Gasteiger partial charge in [-0.25, -0.2) is 0 Å². The van der Waals surface area contributed by atoms with E-state index in [0.29, 0.717) is 16.9 Å². The summed E-state index contributed by atoms with van der Waals surface area (Å²) in [6, 6.07) is 1.36. The molecule has 108 valence electrons. The van der Waals surface area contributed by atoms with E-state index in [1.54, 1.807) is 0 Å². The Bertz CT molecular complexity index is 241. The van der Waals surface area contributed by atoms with Crippen LogP contribution in [-0.4, -0.2) is 12.1 Å². The van der Waals surface area contributed by atoms with Gasteiger partial charge < -0.3 is 5.32 Å². The van der Waals surface area contributed by atoms with Crippen LogP contribution >= 0.6 is 0 Å². The summed E-state index contributed by atoms with van der Waals surface area (Å²) >= 11 is 0. The lowest BCUT2D eigenvalue weighted by molar-refractivity contribution is 0.127. The van der Waals surface area contributed by atoms with Crippen molar-refractivity contribution in [3.63, 3.8) is 0 Å². The van der Waals surface area contributed by atoms with Crippen LogP contribution in [0.3, 0.4) is 0 Å². The van der Waals surface area contributed by atoms with Gasteiger partial charge in [0.25, 0.3) is 0 Å². The van der Waals surface area contributed by atoms with E-state index in [-0.39, 0.29) is 0 Å². The van der Waals surface area contributed by atoms with E-state index in [2.05, 4.69) is 53.8 Å². The second-order valence-corrected chi connectivity index (χ2v) is 8.15. The minimum atomic E-state index is 0.375. The first-order valence-electron chi connectivity index (χ1n) is 7.93. The van der Waals surface area contributed by atoms with Crippen LogP contribution in [0.5, 0.6) is 0 Å². The zero-order valence-corrected chi connectivity index (χ0v) is 13.8. The van der Waals surface area contributed by atoms with Crippen LogP contribution in [0.2, 0.25) is 0 Å². The van der Waals surface area contributed by atoms with E-state index in [4.69, 9.17) is 0 Å². The Kier molecular flexibility index (Phi) is 5.29. The van der Waals surface area contributed by atoms with Crippen LogP contribution in [0, 0.1) is 16.7 Å². The highest BCUT2D eigenvalue weighted by Gasteiger charge is 2.32. The Morgan fingerprint density at radius 2 is 1.50 bits per heavy atom. The molecule has 0 aromatic rings. The lowest BCUT2D eigenvalue weighted by atomic mass is 9.68. The molecule has 0 heterocycles. The van der Waals surface area contributed by atoms with Gasteiger partial charge in [-0.2, -0.15) is 0 Å². The average Bonchev–Trinajstić information content (AvgIpc) is 2.28. The van der Waals surface area contributed by atoms with E-state index in [9.17, 15) is 0 Å². The molecule has 0 bridgehead atoms. The standard InChI is InChI=1S/C17H35N/c1-8-17(6,7)14-9-11-15(12-10-14)18-13(2)16(3,4)5/h13-15,18H,8-12H2,1-7H3. The van der Waals surface area contributed by atoms with Crippen molar-refractivity contribution in [2.45, 2.75) is 92.7 Å². The zero-order chi connectivity index (χ0) is 14.0. The highest BCUT2D eigenvalue weighted by atomic mass is 15.0. The predicted molar refractivity (Wildman–Crippen MR) is 81.9 cm³/mol. The zero-order valence-electron chi connectivity index (χ0n) is 13.8. The van der Waals surface area contributed by atoms with Crippen molar-refractivity contribution in [3.05, 3.63) is 0 Å². The van der Waals surface area contributed by atoms with Crippen molar-refractivity contribution in [2.75, 3.05) is 0 Å². The van der Waals surface area contributed by atoms with Crippen molar-refractivity contribution in [1.29, 1.82) is 0 Å². The van der Waals surface area contributed by atoms with Gasteiger partial charge in [0, 0.05) is 12.1 Å². The van der Waals surface area contributed by atoms with Crippen LogP contribution < -0.4 is 5.32 Å². The summed E-state index contributed by atoms with van der Waals surface area (Å²) in [6.07, 6.45) is 6.88. The third-order valence-electron chi connectivity index (χ3n) is 5.53. The summed E-state index contributed by atoms with van der Waals surface area (Å²) in [4.78, 5) is 0. The maximum atomic E-state index is 3.85. The molecule has 1 nitrogen and oxygen atoms in total. The van der Waals surface area contributed by atoms with Crippen molar-refractivity contribution in [3.8, 4) is 0 Å². The molecule has 1 unspecified atom stereocenters. The predicted octanol–water partition coefficient (Wildman–Crippen LogP) is 5.01. The molecule has 1 fully saturated rings. The highest BCUT2D eigenvalue weighted by Crippen LogP contribution is 2.40. The smallest absolute Gasteiger partial charge is 0.00898 e. The van der Waals surface area contributed by atoms with E-state index in [1.807, 2.05) is 0 Å². The highest BCUT2D eigenvalue weighted by molar-refractivity contribution is 4.87. The molecule has 0 aromatic heterocycles. The molecule has 0 saturated heterocycles. The van der Waals surface area contributed by atoms with Gasteiger partial charge in [0.15, 0.2) is 0 Å². The molecule has 1 rings (SSSR count). The van der Waals surface area contributed by atoms with Crippen LogP contribution in [0.15, 0.2) is 0 Å². The van der Waals surface area contributed by atoms with Gasteiger partial charge in [0.05, 0.1) is 0 Å². The van der Waals surface area contributed by atoms with Crippen molar-refractivity contribution in [2.24, 2.45) is 16.7 Å². The summed E-state index contributed by atoms with van der Waals surface area (Å²) < 4.78 is 0.